The van der Waals surface area contributed by atoms with Crippen LogP contribution < -0.4 is 40.5 Å². The van der Waals surface area contributed by atoms with Crippen molar-refractivity contribution in [3.8, 4) is 17.3 Å². The van der Waals surface area contributed by atoms with Gasteiger partial charge in [-0.15, -0.1) is 48.1 Å². The van der Waals surface area contributed by atoms with Crippen LogP contribution in [0.5, 0.6) is 11.5 Å². The summed E-state index contributed by atoms with van der Waals surface area (Å²) in [6.45, 7) is 30.2. The Morgan fingerprint density at radius 2 is 1.06 bits per heavy atom. The van der Waals surface area contributed by atoms with Crippen molar-refractivity contribution in [2.75, 3.05) is 9.80 Å². The van der Waals surface area contributed by atoms with Gasteiger partial charge in [-0.2, -0.15) is 12.1 Å². The Hall–Kier alpha value is -6.77. The SMILES string of the molecule is CC(C)(C)c1cc(N2[CH-]N(c3[c-]c(Oc4[c-]c5c(cc4)c4cc([Si](c6ccccc6)(c6ccccc6)c6ccccc6)ccc4n5-c4cc(C(C)(C)C)ccn4)ccc3)c3cccc([Si](C)(C)C)c32)cc(C(C)(C)C)c1.[Pt]. The summed E-state index contributed by atoms with van der Waals surface area (Å²) in [5, 5.41) is 8.93. The van der Waals surface area contributed by atoms with Crippen LogP contribution in [0, 0.1) is 18.8 Å². The number of para-hydroxylation sites is 1. The van der Waals surface area contributed by atoms with Crippen molar-refractivity contribution in [2.45, 2.75) is 98.2 Å². The largest absolute Gasteiger partial charge is 0.509 e. The number of ether oxygens (including phenoxy) is 1. The van der Waals surface area contributed by atoms with E-state index in [0.29, 0.717) is 11.5 Å². The Bertz CT molecular complexity index is 3640. The average molecular weight is 1220 g/mol. The molecule has 0 radical (unpaired) electrons. The van der Waals surface area contributed by atoms with Gasteiger partial charge in [0.1, 0.15) is 5.82 Å². The molecule has 0 amide bonds. The monoisotopic (exact) mass is 1220 g/mol. The van der Waals surface area contributed by atoms with E-state index in [9.17, 15) is 0 Å². The number of aromatic nitrogens is 2. The third-order valence-corrected chi connectivity index (χ3v) is 22.1. The maximum absolute atomic E-state index is 6.90. The van der Waals surface area contributed by atoms with E-state index >= 15 is 0 Å². The fourth-order valence-electron chi connectivity index (χ4n) is 11.1. The summed E-state index contributed by atoms with van der Waals surface area (Å²) in [5.41, 5.74) is 10.1. The van der Waals surface area contributed by atoms with Gasteiger partial charge in [0.05, 0.1) is 8.07 Å². The molecular weight excluding hydrogens is 1150 g/mol. The summed E-state index contributed by atoms with van der Waals surface area (Å²) in [6.07, 6.45) is 1.94. The topological polar surface area (TPSA) is 33.5 Å². The Kier molecular flexibility index (Phi) is 14.1. The third kappa shape index (κ3) is 9.96. The quantitative estimate of drug-likeness (QED) is 0.0776. The standard InChI is InChI=1S/C69H69N4OSi2.Pt/c1-67(2,3)48-38-39-70-65(43-48)73-61-37-35-58(76(55-26-16-13-17-27-55,56-28-18-14-19-29-56)57-30-20-15-21-31-57)46-60(61)59-36-34-54(45-63(59)73)74-53-25-22-24-51(44-53)71-47-72(66-62(71)32-23-33-64(66)75(10,11)12)52-41-49(68(4,5)6)40-50(42-52)69(7,8)9;/h13-43,46-47H,1-12H3;/q-3;. The average Bonchev–Trinajstić information content (AvgIpc) is 4.00. The predicted octanol–water partition coefficient (Wildman–Crippen LogP) is 14.8. The molecule has 0 saturated carbocycles. The predicted molar refractivity (Wildman–Crippen MR) is 327 cm³/mol. The third-order valence-electron chi connectivity index (χ3n) is 15.3. The first-order valence-corrected chi connectivity index (χ1v) is 32.3. The number of anilines is 4. The molecule has 0 spiro atoms. The maximum Gasteiger partial charge on any atom is 0.179 e. The molecule has 0 atom stereocenters. The molecule has 0 N–H and O–H groups in total. The van der Waals surface area contributed by atoms with Crippen LogP contribution >= 0.6 is 0 Å². The van der Waals surface area contributed by atoms with Gasteiger partial charge >= 0.3 is 0 Å². The molecular formula is C69H69N4OPtSi2-3. The van der Waals surface area contributed by atoms with E-state index < -0.39 is 16.1 Å². The minimum Gasteiger partial charge on any atom is -0.509 e. The first-order valence-electron chi connectivity index (χ1n) is 26.8. The summed E-state index contributed by atoms with van der Waals surface area (Å²) in [6, 6.07) is 76.8. The summed E-state index contributed by atoms with van der Waals surface area (Å²) in [5.74, 6) is 2.05. The second-order valence-electron chi connectivity index (χ2n) is 24.7. The first-order chi connectivity index (χ1) is 36.2. The molecule has 5 nitrogen and oxygen atoms in total. The number of hydrogen-bond acceptors (Lipinski definition) is 4. The van der Waals surface area contributed by atoms with Crippen molar-refractivity contribution >= 4 is 86.6 Å². The molecule has 0 unspecified atom stereocenters. The minimum absolute atomic E-state index is 0. The van der Waals surface area contributed by atoms with E-state index in [0.717, 1.165) is 39.0 Å². The van der Waals surface area contributed by atoms with Crippen molar-refractivity contribution in [1.82, 2.24) is 9.55 Å². The van der Waals surface area contributed by atoms with Crippen LogP contribution in [-0.2, 0) is 37.3 Å². The van der Waals surface area contributed by atoms with Crippen LogP contribution in [-0.4, -0.2) is 25.7 Å². The summed E-state index contributed by atoms with van der Waals surface area (Å²) < 4.78 is 9.17. The molecule has 2 aromatic heterocycles. The Morgan fingerprint density at radius 1 is 0.494 bits per heavy atom. The summed E-state index contributed by atoms with van der Waals surface area (Å²) in [4.78, 5) is 9.78. The van der Waals surface area contributed by atoms with E-state index in [1.807, 2.05) is 12.3 Å². The normalized spacial score (nSPS) is 13.2. The van der Waals surface area contributed by atoms with Crippen molar-refractivity contribution in [3.05, 3.63) is 230 Å². The zero-order chi connectivity index (χ0) is 53.4. The molecule has 77 heavy (non-hydrogen) atoms. The fraction of sp³-hybridized carbons (Fsp3) is 0.217. The molecule has 11 rings (SSSR count). The van der Waals surface area contributed by atoms with E-state index in [4.69, 9.17) is 9.72 Å². The van der Waals surface area contributed by atoms with Crippen molar-refractivity contribution in [1.29, 1.82) is 0 Å². The summed E-state index contributed by atoms with van der Waals surface area (Å²) in [7, 11) is -4.66. The maximum atomic E-state index is 6.90. The van der Waals surface area contributed by atoms with Gasteiger partial charge in [-0.1, -0.05) is 209 Å². The van der Waals surface area contributed by atoms with Gasteiger partial charge in [0.25, 0.3) is 0 Å². The second-order valence-corrected chi connectivity index (χ2v) is 33.6. The molecule has 0 bridgehead atoms. The molecule has 1 aliphatic heterocycles. The smallest absolute Gasteiger partial charge is 0.179 e. The molecule has 0 aliphatic carbocycles. The number of nitrogens with zero attached hydrogens (tertiary/aromatic N) is 4. The Labute approximate surface area is 473 Å². The van der Waals surface area contributed by atoms with Crippen LogP contribution in [0.25, 0.3) is 27.6 Å². The Balaban J connectivity index is 0.00000672. The van der Waals surface area contributed by atoms with Gasteiger partial charge in [0, 0.05) is 61.3 Å². The zero-order valence-corrected chi connectivity index (χ0v) is 50.8. The summed E-state index contributed by atoms with van der Waals surface area (Å²) >= 11 is 0. The van der Waals surface area contributed by atoms with Gasteiger partial charge in [-0.25, -0.2) is 4.98 Å². The first kappa shape index (κ1) is 53.6. The van der Waals surface area contributed by atoms with Gasteiger partial charge < -0.3 is 19.1 Å². The van der Waals surface area contributed by atoms with Crippen LogP contribution in [0.1, 0.15) is 79.0 Å². The number of rotatable bonds is 10. The molecule has 1 aliphatic rings. The molecule has 0 saturated heterocycles. The van der Waals surface area contributed by atoms with Crippen LogP contribution in [0.4, 0.5) is 22.7 Å². The van der Waals surface area contributed by atoms with E-state index in [2.05, 4.69) is 297 Å². The molecule has 0 fully saturated rings. The van der Waals surface area contributed by atoms with Gasteiger partial charge in [-0.3, -0.25) is 0 Å². The van der Waals surface area contributed by atoms with Crippen molar-refractivity contribution in [3.63, 3.8) is 0 Å². The van der Waals surface area contributed by atoms with Crippen molar-refractivity contribution in [2.24, 2.45) is 0 Å². The van der Waals surface area contributed by atoms with E-state index in [1.54, 1.807) is 0 Å². The van der Waals surface area contributed by atoms with Gasteiger partial charge in [-0.05, 0) is 101 Å². The molecule has 8 aromatic carbocycles. The van der Waals surface area contributed by atoms with Gasteiger partial charge in [0.2, 0.25) is 0 Å². The molecule has 392 valence electrons. The second kappa shape index (κ2) is 20.2. The van der Waals surface area contributed by atoms with Gasteiger partial charge in [0.15, 0.2) is 8.07 Å². The van der Waals surface area contributed by atoms with Crippen LogP contribution in [0.2, 0.25) is 19.6 Å². The van der Waals surface area contributed by atoms with E-state index in [1.165, 1.54) is 54.0 Å². The number of fused-ring (bicyclic) bond motifs is 4. The fourth-order valence-corrected chi connectivity index (χ4v) is 17.4. The van der Waals surface area contributed by atoms with Crippen molar-refractivity contribution < 1.29 is 25.8 Å². The van der Waals surface area contributed by atoms with Crippen LogP contribution in [0.15, 0.2) is 194 Å². The molecule has 3 heterocycles. The number of hydrogen-bond donors (Lipinski definition) is 0. The van der Waals surface area contributed by atoms with E-state index in [-0.39, 0.29) is 37.3 Å². The number of pyridine rings is 1. The number of benzene rings is 8. The molecule has 10 aromatic rings. The van der Waals surface area contributed by atoms with Crippen LogP contribution in [0.3, 0.4) is 0 Å². The zero-order valence-electron chi connectivity index (χ0n) is 46.6. The minimum atomic E-state index is -2.84. The molecule has 8 heteroatoms. The Morgan fingerprint density at radius 3 is 1.64 bits per heavy atom.